The predicted molar refractivity (Wildman–Crippen MR) is 136 cm³/mol. The number of hydrogen-bond acceptors (Lipinski definition) is 3. The lowest BCUT2D eigenvalue weighted by Gasteiger charge is -2.13. The second-order valence-electron chi connectivity index (χ2n) is 6.90. The van der Waals surface area contributed by atoms with Gasteiger partial charge in [0.2, 0.25) is 0 Å². The van der Waals surface area contributed by atoms with Crippen molar-refractivity contribution in [2.24, 2.45) is 10.7 Å². The first kappa shape index (κ1) is 24.2. The van der Waals surface area contributed by atoms with E-state index in [1.807, 2.05) is 48.5 Å². The van der Waals surface area contributed by atoms with Crippen LogP contribution in [0.15, 0.2) is 83.9 Å². The largest absolute Gasteiger partial charge is 0.484 e. The van der Waals surface area contributed by atoms with Crippen LogP contribution in [0.25, 0.3) is 0 Å². The van der Waals surface area contributed by atoms with Crippen molar-refractivity contribution in [1.82, 2.24) is 5.32 Å². The smallest absolute Gasteiger partial charge is 0.255 e. The number of nitrogens with one attached hydrogen (secondary N) is 2. The summed E-state index contributed by atoms with van der Waals surface area (Å²) in [6.45, 7) is 3.03. The number of aryl methyl sites for hydroxylation is 1. The molecule has 1 amide bonds. The van der Waals surface area contributed by atoms with Gasteiger partial charge in [0, 0.05) is 12.2 Å². The highest BCUT2D eigenvalue weighted by atomic mass is 127. The summed E-state index contributed by atoms with van der Waals surface area (Å²) >= 11 is 0. The van der Waals surface area contributed by atoms with E-state index in [0.29, 0.717) is 24.8 Å². The van der Waals surface area contributed by atoms with Gasteiger partial charge in [-0.2, -0.15) is 0 Å². The zero-order valence-corrected chi connectivity index (χ0v) is 19.7. The number of primary amides is 1. The number of hydrogen-bond donors (Lipinski definition) is 3. The van der Waals surface area contributed by atoms with Crippen LogP contribution < -0.4 is 21.1 Å². The first-order valence-electron chi connectivity index (χ1n) is 9.74. The molecule has 0 atom stereocenters. The number of carbonyl (C=O) groups is 1. The fraction of sp³-hybridized carbons (Fsp3) is 0.167. The van der Waals surface area contributed by atoms with Crippen molar-refractivity contribution in [3.63, 3.8) is 0 Å². The number of amides is 1. The summed E-state index contributed by atoms with van der Waals surface area (Å²) in [7, 11) is 0. The molecule has 0 aliphatic rings. The van der Waals surface area contributed by atoms with E-state index in [9.17, 15) is 4.79 Å². The Morgan fingerprint density at radius 2 is 1.71 bits per heavy atom. The molecule has 3 aromatic carbocycles. The average molecular weight is 530 g/mol. The number of benzene rings is 3. The number of guanidine groups is 1. The number of nitrogens with two attached hydrogens (primary N) is 1. The monoisotopic (exact) mass is 530 g/mol. The van der Waals surface area contributed by atoms with E-state index in [2.05, 4.69) is 41.8 Å². The van der Waals surface area contributed by atoms with Crippen molar-refractivity contribution in [2.45, 2.75) is 20.0 Å². The van der Waals surface area contributed by atoms with E-state index >= 15 is 0 Å². The highest BCUT2D eigenvalue weighted by Crippen LogP contribution is 2.14. The number of nitrogens with zero attached hydrogens (tertiary/aromatic N) is 1. The molecule has 7 heteroatoms. The number of anilines is 1. The lowest BCUT2D eigenvalue weighted by atomic mass is 10.1. The van der Waals surface area contributed by atoms with E-state index in [0.717, 1.165) is 11.3 Å². The highest BCUT2D eigenvalue weighted by Gasteiger charge is 2.03. The molecule has 3 aromatic rings. The fourth-order valence-electron chi connectivity index (χ4n) is 2.75. The number of rotatable bonds is 8. The van der Waals surface area contributed by atoms with Gasteiger partial charge in [-0.3, -0.25) is 4.79 Å². The molecular formula is C24H27IN4O2. The summed E-state index contributed by atoms with van der Waals surface area (Å²) in [4.78, 5) is 15.6. The predicted octanol–water partition coefficient (Wildman–Crippen LogP) is 4.24. The van der Waals surface area contributed by atoms with Crippen LogP contribution in [0.2, 0.25) is 0 Å². The first-order chi connectivity index (χ1) is 14.6. The summed E-state index contributed by atoms with van der Waals surface area (Å²) in [6.07, 6.45) is 0. The number of carbonyl (C=O) groups excluding carboxylic acids is 1. The topological polar surface area (TPSA) is 88.7 Å². The molecule has 0 spiro atoms. The molecule has 0 heterocycles. The van der Waals surface area contributed by atoms with Crippen LogP contribution in [0.5, 0.6) is 5.75 Å². The Kier molecular flexibility index (Phi) is 9.83. The third-order valence-electron chi connectivity index (χ3n) is 4.32. The third-order valence-corrected chi connectivity index (χ3v) is 4.32. The Morgan fingerprint density at radius 1 is 0.968 bits per heavy atom. The van der Waals surface area contributed by atoms with E-state index in [1.54, 1.807) is 6.07 Å². The van der Waals surface area contributed by atoms with Gasteiger partial charge < -0.3 is 21.1 Å². The summed E-state index contributed by atoms with van der Waals surface area (Å²) < 4.78 is 5.37. The summed E-state index contributed by atoms with van der Waals surface area (Å²) in [6, 6.07) is 25.7. The molecule has 0 radical (unpaired) electrons. The maximum absolute atomic E-state index is 10.9. The molecule has 0 fully saturated rings. The van der Waals surface area contributed by atoms with Gasteiger partial charge >= 0.3 is 0 Å². The minimum absolute atomic E-state index is 0. The molecule has 4 N–H and O–H groups in total. The van der Waals surface area contributed by atoms with Crippen LogP contribution in [0.4, 0.5) is 5.69 Å². The standard InChI is InChI=1S/C24H26N4O2.HI/c1-18-10-12-19(13-11-18)15-26-24(28-21-7-3-2-4-8-21)27-16-20-6-5-9-22(14-20)30-17-23(25)29;/h2-14H,15-17H2,1H3,(H2,25,29)(H2,26,27,28);1H. The average Bonchev–Trinajstić information content (AvgIpc) is 2.76. The number of halogens is 1. The maximum Gasteiger partial charge on any atom is 0.255 e. The molecule has 31 heavy (non-hydrogen) atoms. The number of aliphatic imine (C=N–C) groups is 1. The molecule has 0 aliphatic heterocycles. The van der Waals surface area contributed by atoms with Crippen LogP contribution in [0, 0.1) is 6.92 Å². The van der Waals surface area contributed by atoms with Crippen LogP contribution >= 0.6 is 24.0 Å². The summed E-state index contributed by atoms with van der Waals surface area (Å²) in [5.74, 6) is 0.755. The van der Waals surface area contributed by atoms with E-state index in [-0.39, 0.29) is 30.6 Å². The highest BCUT2D eigenvalue weighted by molar-refractivity contribution is 14.0. The molecular weight excluding hydrogens is 503 g/mol. The van der Waals surface area contributed by atoms with E-state index in [4.69, 9.17) is 15.5 Å². The van der Waals surface area contributed by atoms with Gasteiger partial charge in [0.1, 0.15) is 5.75 Å². The van der Waals surface area contributed by atoms with Crippen LogP contribution in [-0.2, 0) is 17.9 Å². The molecule has 0 saturated heterocycles. The van der Waals surface area contributed by atoms with Crippen molar-refractivity contribution < 1.29 is 9.53 Å². The van der Waals surface area contributed by atoms with Gasteiger partial charge in [0.25, 0.3) is 5.91 Å². The van der Waals surface area contributed by atoms with Crippen molar-refractivity contribution in [1.29, 1.82) is 0 Å². The van der Waals surface area contributed by atoms with Crippen molar-refractivity contribution >= 4 is 41.5 Å². The molecule has 3 rings (SSSR count). The second kappa shape index (κ2) is 12.6. The fourth-order valence-corrected chi connectivity index (χ4v) is 2.75. The Balaban J connectivity index is 0.00000341. The normalized spacial score (nSPS) is 10.7. The Morgan fingerprint density at radius 3 is 2.42 bits per heavy atom. The Bertz CT molecular complexity index is 992. The Labute approximate surface area is 199 Å². The first-order valence-corrected chi connectivity index (χ1v) is 9.74. The molecule has 0 bridgehead atoms. The van der Waals surface area contributed by atoms with Gasteiger partial charge in [-0.05, 0) is 42.3 Å². The maximum atomic E-state index is 10.9. The zero-order chi connectivity index (χ0) is 21.2. The SMILES string of the molecule is Cc1ccc(CNC(=NCc2cccc(OCC(N)=O)c2)Nc2ccccc2)cc1.I. The van der Waals surface area contributed by atoms with Crippen LogP contribution in [0.3, 0.4) is 0 Å². The summed E-state index contributed by atoms with van der Waals surface area (Å²) in [5.41, 5.74) is 9.45. The van der Waals surface area contributed by atoms with Crippen molar-refractivity contribution in [2.75, 3.05) is 11.9 Å². The Hall–Kier alpha value is -3.07. The van der Waals surface area contributed by atoms with Gasteiger partial charge in [-0.25, -0.2) is 4.99 Å². The molecule has 162 valence electrons. The molecule has 6 nitrogen and oxygen atoms in total. The molecule has 0 aliphatic carbocycles. The minimum Gasteiger partial charge on any atom is -0.484 e. The van der Waals surface area contributed by atoms with Gasteiger partial charge in [0.15, 0.2) is 12.6 Å². The third kappa shape index (κ3) is 8.67. The second-order valence-corrected chi connectivity index (χ2v) is 6.90. The zero-order valence-electron chi connectivity index (χ0n) is 17.4. The lowest BCUT2D eigenvalue weighted by molar-refractivity contribution is -0.119. The van der Waals surface area contributed by atoms with E-state index < -0.39 is 5.91 Å². The van der Waals surface area contributed by atoms with E-state index in [1.165, 1.54) is 11.1 Å². The van der Waals surface area contributed by atoms with Crippen LogP contribution in [0.1, 0.15) is 16.7 Å². The molecule has 0 unspecified atom stereocenters. The lowest BCUT2D eigenvalue weighted by Crippen LogP contribution is -2.30. The van der Waals surface area contributed by atoms with Crippen LogP contribution in [-0.4, -0.2) is 18.5 Å². The van der Waals surface area contributed by atoms with Crippen molar-refractivity contribution in [3.8, 4) is 5.75 Å². The number of para-hydroxylation sites is 1. The van der Waals surface area contributed by atoms with Crippen molar-refractivity contribution in [3.05, 3.63) is 95.6 Å². The number of ether oxygens (including phenoxy) is 1. The van der Waals surface area contributed by atoms with Gasteiger partial charge in [-0.15, -0.1) is 24.0 Å². The van der Waals surface area contributed by atoms with Gasteiger partial charge in [0.05, 0.1) is 6.54 Å². The molecule has 0 aromatic heterocycles. The molecule has 0 saturated carbocycles. The minimum atomic E-state index is -0.506. The quantitative estimate of drug-likeness (QED) is 0.231. The summed E-state index contributed by atoms with van der Waals surface area (Å²) in [5, 5.41) is 6.71. The van der Waals surface area contributed by atoms with Gasteiger partial charge in [-0.1, -0.05) is 60.2 Å².